The second-order valence-electron chi connectivity index (χ2n) is 6.14. The lowest BCUT2D eigenvalue weighted by Gasteiger charge is -2.10. The summed E-state index contributed by atoms with van der Waals surface area (Å²) in [5.74, 6) is -0.773. The van der Waals surface area contributed by atoms with Crippen LogP contribution in [0.2, 0.25) is 0 Å². The van der Waals surface area contributed by atoms with Crippen LogP contribution in [0.15, 0.2) is 47.0 Å². The summed E-state index contributed by atoms with van der Waals surface area (Å²) in [4.78, 5) is 33.5. The largest absolute Gasteiger partial charge is 0.493 e. The number of rotatable bonds is 8. The molecule has 3 rings (SSSR count). The Balaban J connectivity index is 1.88. The van der Waals surface area contributed by atoms with E-state index in [2.05, 4.69) is 10.5 Å². The predicted octanol–water partition coefficient (Wildman–Crippen LogP) is 3.11. The van der Waals surface area contributed by atoms with Gasteiger partial charge in [0.2, 0.25) is 5.76 Å². The molecule has 2 aromatic carbocycles. The zero-order chi connectivity index (χ0) is 22.5. The monoisotopic (exact) mass is 428 g/mol. The molecule has 160 valence electrons. The molecule has 0 saturated carbocycles. The molecule has 1 aromatic heterocycles. The number of nitro groups is 2. The Labute approximate surface area is 174 Å². The number of nitrogens with zero attached hydrogens (tertiary/aromatic N) is 3. The highest BCUT2D eigenvalue weighted by molar-refractivity contribution is 6.02. The SMILES string of the molecule is COc1ccc(CNC(=O)c2c([N+](=O)[O-])noc2-c2ccc([N+](=O)[O-])cc2)cc1OC. The lowest BCUT2D eigenvalue weighted by Crippen LogP contribution is -2.23. The van der Waals surface area contributed by atoms with Gasteiger partial charge >= 0.3 is 5.82 Å². The first-order chi connectivity index (χ1) is 14.8. The van der Waals surface area contributed by atoms with Crippen molar-refractivity contribution in [2.75, 3.05) is 14.2 Å². The molecule has 0 radical (unpaired) electrons. The van der Waals surface area contributed by atoms with Crippen LogP contribution in [0.3, 0.4) is 0 Å². The summed E-state index contributed by atoms with van der Waals surface area (Å²) in [6.07, 6.45) is 0. The minimum Gasteiger partial charge on any atom is -0.493 e. The third-order valence-electron chi connectivity index (χ3n) is 4.32. The number of hydrogen-bond acceptors (Lipinski definition) is 9. The molecule has 0 aliphatic heterocycles. The highest BCUT2D eigenvalue weighted by atomic mass is 16.6. The molecule has 0 aliphatic rings. The van der Waals surface area contributed by atoms with E-state index in [1.54, 1.807) is 18.2 Å². The van der Waals surface area contributed by atoms with Crippen molar-refractivity contribution in [3.05, 3.63) is 73.8 Å². The van der Waals surface area contributed by atoms with E-state index in [0.29, 0.717) is 17.1 Å². The molecule has 3 aromatic rings. The van der Waals surface area contributed by atoms with Crippen molar-refractivity contribution < 1.29 is 28.6 Å². The van der Waals surface area contributed by atoms with E-state index < -0.39 is 21.6 Å². The number of non-ortho nitro benzene ring substituents is 1. The lowest BCUT2D eigenvalue weighted by atomic mass is 10.1. The van der Waals surface area contributed by atoms with Crippen LogP contribution in [0.25, 0.3) is 11.3 Å². The first-order valence-corrected chi connectivity index (χ1v) is 8.73. The molecule has 0 unspecified atom stereocenters. The molecular weight excluding hydrogens is 412 g/mol. The molecule has 0 atom stereocenters. The highest BCUT2D eigenvalue weighted by Gasteiger charge is 2.33. The van der Waals surface area contributed by atoms with Crippen molar-refractivity contribution in [3.8, 4) is 22.8 Å². The molecule has 31 heavy (non-hydrogen) atoms. The van der Waals surface area contributed by atoms with Crippen molar-refractivity contribution in [3.63, 3.8) is 0 Å². The molecule has 0 bridgehead atoms. The van der Waals surface area contributed by atoms with Gasteiger partial charge in [0.15, 0.2) is 22.2 Å². The number of ether oxygens (including phenoxy) is 2. The third-order valence-corrected chi connectivity index (χ3v) is 4.32. The van der Waals surface area contributed by atoms with Gasteiger partial charge in [0, 0.05) is 24.2 Å². The molecule has 12 heteroatoms. The Hall–Kier alpha value is -4.48. The summed E-state index contributed by atoms with van der Waals surface area (Å²) in [5.41, 5.74) is 0.306. The summed E-state index contributed by atoms with van der Waals surface area (Å²) in [7, 11) is 2.96. The zero-order valence-corrected chi connectivity index (χ0v) is 16.4. The number of aromatic nitrogens is 1. The number of methoxy groups -OCH3 is 2. The molecule has 12 nitrogen and oxygen atoms in total. The maximum atomic E-state index is 12.8. The quantitative estimate of drug-likeness (QED) is 0.420. The number of carbonyl (C=O) groups is 1. The van der Waals surface area contributed by atoms with Gasteiger partial charge in [-0.1, -0.05) is 6.07 Å². The molecule has 0 spiro atoms. The molecule has 1 N–H and O–H groups in total. The van der Waals surface area contributed by atoms with Gasteiger partial charge in [-0.15, -0.1) is 0 Å². The summed E-state index contributed by atoms with van der Waals surface area (Å²) >= 11 is 0. The zero-order valence-electron chi connectivity index (χ0n) is 16.4. The lowest BCUT2D eigenvalue weighted by molar-refractivity contribution is -0.391. The van der Waals surface area contributed by atoms with Crippen LogP contribution in [0.4, 0.5) is 11.5 Å². The van der Waals surface area contributed by atoms with E-state index in [1.807, 2.05) is 0 Å². The van der Waals surface area contributed by atoms with E-state index >= 15 is 0 Å². The molecule has 0 fully saturated rings. The number of amides is 1. The number of benzene rings is 2. The molecule has 0 aliphatic carbocycles. The number of carbonyl (C=O) groups excluding carboxylic acids is 1. The average Bonchev–Trinajstić information content (AvgIpc) is 3.23. The Morgan fingerprint density at radius 2 is 1.71 bits per heavy atom. The van der Waals surface area contributed by atoms with Crippen LogP contribution in [0, 0.1) is 20.2 Å². The van der Waals surface area contributed by atoms with Crippen LogP contribution in [-0.4, -0.2) is 35.1 Å². The number of hydrogen-bond donors (Lipinski definition) is 1. The smallest absolute Gasteiger partial charge is 0.427 e. The first kappa shape index (κ1) is 21.2. The molecular formula is C19H16N4O8. The summed E-state index contributed by atoms with van der Waals surface area (Å²) in [6, 6.07) is 10.0. The van der Waals surface area contributed by atoms with Crippen LogP contribution in [0.5, 0.6) is 11.5 Å². The van der Waals surface area contributed by atoms with Gasteiger partial charge in [-0.2, -0.15) is 0 Å². The Morgan fingerprint density at radius 3 is 2.29 bits per heavy atom. The average molecular weight is 428 g/mol. The predicted molar refractivity (Wildman–Crippen MR) is 106 cm³/mol. The van der Waals surface area contributed by atoms with E-state index in [0.717, 1.165) is 0 Å². The second kappa shape index (κ2) is 8.90. The first-order valence-electron chi connectivity index (χ1n) is 8.73. The van der Waals surface area contributed by atoms with Gasteiger partial charge in [0.1, 0.15) is 0 Å². The number of nitro benzene ring substituents is 1. The van der Waals surface area contributed by atoms with Crippen molar-refractivity contribution in [2.24, 2.45) is 0 Å². The minimum absolute atomic E-state index is 0.0290. The van der Waals surface area contributed by atoms with Gasteiger partial charge in [-0.3, -0.25) is 19.4 Å². The van der Waals surface area contributed by atoms with E-state index in [1.165, 1.54) is 38.5 Å². The normalized spacial score (nSPS) is 10.4. The molecule has 1 amide bonds. The fourth-order valence-corrected chi connectivity index (χ4v) is 2.80. The van der Waals surface area contributed by atoms with Gasteiger partial charge in [-0.05, 0) is 34.8 Å². The van der Waals surface area contributed by atoms with Gasteiger partial charge in [0.25, 0.3) is 11.6 Å². The van der Waals surface area contributed by atoms with Crippen molar-refractivity contribution in [1.29, 1.82) is 0 Å². The topological polar surface area (TPSA) is 160 Å². The van der Waals surface area contributed by atoms with Crippen molar-refractivity contribution in [2.45, 2.75) is 6.54 Å². The third kappa shape index (κ3) is 4.42. The van der Waals surface area contributed by atoms with Gasteiger partial charge < -0.3 is 24.9 Å². The standard InChI is InChI=1S/C19H16N4O8/c1-29-14-8-3-11(9-15(14)30-2)10-20-19(24)16-17(31-21-18(16)23(27)28)12-4-6-13(7-5-12)22(25)26/h3-9H,10H2,1-2H3,(H,20,24). The molecule has 1 heterocycles. The molecule has 0 saturated heterocycles. The maximum Gasteiger partial charge on any atom is 0.427 e. The van der Waals surface area contributed by atoms with Crippen LogP contribution < -0.4 is 14.8 Å². The van der Waals surface area contributed by atoms with Crippen LogP contribution >= 0.6 is 0 Å². The van der Waals surface area contributed by atoms with Crippen molar-refractivity contribution in [1.82, 2.24) is 10.5 Å². The van der Waals surface area contributed by atoms with E-state index in [9.17, 15) is 25.0 Å². The Bertz CT molecular complexity index is 1140. The minimum atomic E-state index is -0.844. The van der Waals surface area contributed by atoms with E-state index in [4.69, 9.17) is 14.0 Å². The number of nitrogens with one attached hydrogen (secondary N) is 1. The Kier molecular flexibility index (Phi) is 6.10. The van der Waals surface area contributed by atoms with Gasteiger partial charge in [0.05, 0.1) is 19.1 Å². The fourth-order valence-electron chi connectivity index (χ4n) is 2.80. The van der Waals surface area contributed by atoms with Crippen LogP contribution in [0.1, 0.15) is 15.9 Å². The summed E-state index contributed by atoms with van der Waals surface area (Å²) < 4.78 is 15.4. The van der Waals surface area contributed by atoms with E-state index in [-0.39, 0.29) is 29.1 Å². The van der Waals surface area contributed by atoms with Gasteiger partial charge in [-0.25, -0.2) is 0 Å². The fraction of sp³-hybridized carbons (Fsp3) is 0.158. The highest BCUT2D eigenvalue weighted by Crippen LogP contribution is 2.32. The van der Waals surface area contributed by atoms with Crippen LogP contribution in [-0.2, 0) is 6.54 Å². The maximum absolute atomic E-state index is 12.8. The van der Waals surface area contributed by atoms with Crippen molar-refractivity contribution >= 4 is 17.4 Å². The second-order valence-corrected chi connectivity index (χ2v) is 6.14. The summed E-state index contributed by atoms with van der Waals surface area (Å²) in [6.45, 7) is 0.0290. The Morgan fingerprint density at radius 1 is 1.03 bits per heavy atom. The summed E-state index contributed by atoms with van der Waals surface area (Å²) in [5, 5.41) is 28.1.